The fraction of sp³-hybridized carbons (Fsp3) is 0.417. The van der Waals surface area contributed by atoms with Gasteiger partial charge in [0.2, 0.25) is 0 Å². The highest BCUT2D eigenvalue weighted by molar-refractivity contribution is 6.30. The van der Waals surface area contributed by atoms with Gasteiger partial charge < -0.3 is 10.1 Å². The van der Waals surface area contributed by atoms with E-state index in [2.05, 4.69) is 5.32 Å². The maximum atomic E-state index is 11.8. The smallest absolute Gasteiger partial charge is 0.143 e. The Bertz CT molecular complexity index is 406. The van der Waals surface area contributed by atoms with E-state index in [9.17, 15) is 4.79 Å². The lowest BCUT2D eigenvalue weighted by Gasteiger charge is -2.23. The quantitative estimate of drug-likeness (QED) is 0.858. The van der Waals surface area contributed by atoms with Crippen molar-refractivity contribution in [2.45, 2.75) is 12.3 Å². The lowest BCUT2D eigenvalue weighted by atomic mass is 9.90. The van der Waals surface area contributed by atoms with Crippen LogP contribution in [0.2, 0.25) is 5.02 Å². The van der Waals surface area contributed by atoms with Crippen LogP contribution in [0.1, 0.15) is 17.9 Å². The average molecular weight is 240 g/mol. The predicted molar refractivity (Wildman–Crippen MR) is 63.2 cm³/mol. The maximum Gasteiger partial charge on any atom is 0.143 e. The molecule has 1 saturated heterocycles. The summed E-state index contributed by atoms with van der Waals surface area (Å²) in [6, 6.07) is 5.39. The third-order valence-corrected chi connectivity index (χ3v) is 3.09. The van der Waals surface area contributed by atoms with E-state index in [0.717, 1.165) is 17.9 Å². The van der Waals surface area contributed by atoms with Crippen LogP contribution in [0.3, 0.4) is 0 Å². The van der Waals surface area contributed by atoms with E-state index in [1.165, 1.54) is 0 Å². The molecule has 1 aliphatic rings. The number of halogens is 1. The number of benzene rings is 1. The normalized spacial score (nSPS) is 20.9. The Labute approximate surface area is 99.7 Å². The molecule has 0 aromatic heterocycles. The minimum atomic E-state index is -0.137. The number of hydrogen-bond acceptors (Lipinski definition) is 3. The summed E-state index contributed by atoms with van der Waals surface area (Å²) in [6.07, 6.45) is 0.570. The zero-order chi connectivity index (χ0) is 11.5. The number of ether oxygens (including phenoxy) is 1. The molecule has 1 aromatic rings. The predicted octanol–water partition coefficient (Wildman–Crippen LogP) is 1.99. The molecule has 0 radical (unpaired) electrons. The Morgan fingerprint density at radius 2 is 2.31 bits per heavy atom. The molecule has 0 spiro atoms. The van der Waals surface area contributed by atoms with Crippen LogP contribution < -0.4 is 10.1 Å². The standard InChI is InChI=1S/C12H14ClNO2/c1-16-12-3-2-8(13)6-9(12)10-7-14-5-4-11(10)15/h2-3,6,10,14H,4-5,7H2,1H3. The van der Waals surface area contributed by atoms with Crippen LogP contribution in [0.15, 0.2) is 18.2 Å². The number of rotatable bonds is 2. The first-order valence-corrected chi connectivity index (χ1v) is 5.67. The van der Waals surface area contributed by atoms with Crippen LogP contribution in [-0.2, 0) is 4.79 Å². The van der Waals surface area contributed by atoms with E-state index in [1.807, 2.05) is 6.07 Å². The van der Waals surface area contributed by atoms with Crippen LogP contribution in [0.4, 0.5) is 0 Å². The van der Waals surface area contributed by atoms with E-state index < -0.39 is 0 Å². The van der Waals surface area contributed by atoms with E-state index in [-0.39, 0.29) is 11.7 Å². The van der Waals surface area contributed by atoms with Crippen molar-refractivity contribution in [2.24, 2.45) is 0 Å². The van der Waals surface area contributed by atoms with Gasteiger partial charge in [0.25, 0.3) is 0 Å². The van der Waals surface area contributed by atoms with Crippen molar-refractivity contribution in [3.05, 3.63) is 28.8 Å². The summed E-state index contributed by atoms with van der Waals surface area (Å²) in [5.41, 5.74) is 0.882. The molecule has 3 nitrogen and oxygen atoms in total. The third kappa shape index (κ3) is 2.20. The average Bonchev–Trinajstić information content (AvgIpc) is 2.29. The molecule has 1 fully saturated rings. The van der Waals surface area contributed by atoms with Crippen molar-refractivity contribution in [3.8, 4) is 5.75 Å². The van der Waals surface area contributed by atoms with Crippen LogP contribution in [0, 0.1) is 0 Å². The summed E-state index contributed by atoms with van der Waals surface area (Å²) in [5.74, 6) is 0.841. The summed E-state index contributed by atoms with van der Waals surface area (Å²) >= 11 is 5.95. The van der Waals surface area contributed by atoms with Gasteiger partial charge in [0, 0.05) is 30.1 Å². The Morgan fingerprint density at radius 1 is 1.50 bits per heavy atom. The number of piperidine rings is 1. The molecule has 1 aliphatic heterocycles. The first-order valence-electron chi connectivity index (χ1n) is 5.29. The fourth-order valence-electron chi connectivity index (χ4n) is 2.01. The second-order valence-corrected chi connectivity index (χ2v) is 4.30. The van der Waals surface area contributed by atoms with Gasteiger partial charge in [-0.05, 0) is 18.2 Å². The molecular weight excluding hydrogens is 226 g/mol. The van der Waals surface area contributed by atoms with Crippen molar-refractivity contribution in [2.75, 3.05) is 20.2 Å². The summed E-state index contributed by atoms with van der Waals surface area (Å²) in [6.45, 7) is 1.42. The van der Waals surface area contributed by atoms with Crippen molar-refractivity contribution in [1.29, 1.82) is 0 Å². The number of Topliss-reactive ketones (excluding diaryl/α,β-unsaturated/α-hetero) is 1. The number of hydrogen-bond donors (Lipinski definition) is 1. The van der Waals surface area contributed by atoms with Crippen LogP contribution in [0.5, 0.6) is 5.75 Å². The highest BCUT2D eigenvalue weighted by Gasteiger charge is 2.26. The lowest BCUT2D eigenvalue weighted by molar-refractivity contribution is -0.121. The number of nitrogens with one attached hydrogen (secondary N) is 1. The third-order valence-electron chi connectivity index (χ3n) is 2.85. The molecule has 0 saturated carbocycles. The van der Waals surface area contributed by atoms with Crippen molar-refractivity contribution in [3.63, 3.8) is 0 Å². The Balaban J connectivity index is 2.36. The minimum absolute atomic E-state index is 0.137. The van der Waals surface area contributed by atoms with E-state index in [0.29, 0.717) is 18.0 Å². The van der Waals surface area contributed by atoms with Gasteiger partial charge in [-0.25, -0.2) is 0 Å². The second-order valence-electron chi connectivity index (χ2n) is 3.86. The SMILES string of the molecule is COc1ccc(Cl)cc1C1CNCCC1=O. The Hall–Kier alpha value is -1.06. The first-order chi connectivity index (χ1) is 7.72. The molecule has 16 heavy (non-hydrogen) atoms. The van der Waals surface area contributed by atoms with E-state index >= 15 is 0 Å². The van der Waals surface area contributed by atoms with Crippen molar-refractivity contribution >= 4 is 17.4 Å². The minimum Gasteiger partial charge on any atom is -0.496 e. The largest absolute Gasteiger partial charge is 0.496 e. The second kappa shape index (κ2) is 4.85. The zero-order valence-electron chi connectivity index (χ0n) is 9.13. The molecule has 0 aliphatic carbocycles. The molecule has 2 rings (SSSR count). The lowest BCUT2D eigenvalue weighted by Crippen LogP contribution is -2.35. The molecule has 0 amide bonds. The van der Waals surface area contributed by atoms with Crippen LogP contribution in [0.25, 0.3) is 0 Å². The molecular formula is C12H14ClNO2. The molecule has 1 atom stereocenters. The van der Waals surface area contributed by atoms with Crippen LogP contribution in [-0.4, -0.2) is 26.0 Å². The maximum absolute atomic E-state index is 11.8. The first kappa shape index (κ1) is 11.4. The summed E-state index contributed by atoms with van der Waals surface area (Å²) in [7, 11) is 1.60. The summed E-state index contributed by atoms with van der Waals surface area (Å²) in [4.78, 5) is 11.8. The van der Waals surface area contributed by atoms with E-state index in [1.54, 1.807) is 19.2 Å². The summed E-state index contributed by atoms with van der Waals surface area (Å²) < 4.78 is 5.26. The van der Waals surface area contributed by atoms with Gasteiger partial charge in [-0.2, -0.15) is 0 Å². The van der Waals surface area contributed by atoms with Gasteiger partial charge in [-0.15, -0.1) is 0 Å². The number of carbonyl (C=O) groups excluding carboxylic acids is 1. The van der Waals surface area contributed by atoms with Gasteiger partial charge in [0.05, 0.1) is 13.0 Å². The molecule has 4 heteroatoms. The molecule has 86 valence electrons. The van der Waals surface area contributed by atoms with Gasteiger partial charge in [-0.3, -0.25) is 4.79 Å². The number of ketones is 1. The molecule has 1 N–H and O–H groups in total. The monoisotopic (exact) mass is 239 g/mol. The zero-order valence-corrected chi connectivity index (χ0v) is 9.88. The molecule has 1 heterocycles. The topological polar surface area (TPSA) is 38.3 Å². The fourth-order valence-corrected chi connectivity index (χ4v) is 2.19. The Morgan fingerprint density at radius 3 is 3.00 bits per heavy atom. The Kier molecular flexibility index (Phi) is 3.46. The van der Waals surface area contributed by atoms with Gasteiger partial charge >= 0.3 is 0 Å². The van der Waals surface area contributed by atoms with Crippen molar-refractivity contribution < 1.29 is 9.53 Å². The highest BCUT2D eigenvalue weighted by Crippen LogP contribution is 2.31. The van der Waals surface area contributed by atoms with Gasteiger partial charge in [0.1, 0.15) is 11.5 Å². The van der Waals surface area contributed by atoms with E-state index in [4.69, 9.17) is 16.3 Å². The van der Waals surface area contributed by atoms with Gasteiger partial charge in [-0.1, -0.05) is 11.6 Å². The van der Waals surface area contributed by atoms with Crippen LogP contribution >= 0.6 is 11.6 Å². The number of carbonyl (C=O) groups is 1. The summed E-state index contributed by atoms with van der Waals surface area (Å²) in [5, 5.41) is 3.85. The number of methoxy groups -OCH3 is 1. The van der Waals surface area contributed by atoms with Crippen molar-refractivity contribution in [1.82, 2.24) is 5.32 Å². The molecule has 1 unspecified atom stereocenters. The molecule has 1 aromatic carbocycles. The van der Waals surface area contributed by atoms with Gasteiger partial charge in [0.15, 0.2) is 0 Å². The highest BCUT2D eigenvalue weighted by atomic mass is 35.5. The molecule has 0 bridgehead atoms.